The van der Waals surface area contributed by atoms with Gasteiger partial charge in [-0.1, -0.05) is 12.8 Å². The average molecular weight is 255 g/mol. The highest BCUT2D eigenvalue weighted by Gasteiger charge is 2.28. The minimum absolute atomic E-state index is 0.0622. The van der Waals surface area contributed by atoms with Gasteiger partial charge in [-0.15, -0.1) is 0 Å². The Kier molecular flexibility index (Phi) is 4.58. The fraction of sp³-hybridized carbons (Fsp3) is 0.846. The lowest BCUT2D eigenvalue weighted by molar-refractivity contribution is -0.147. The van der Waals surface area contributed by atoms with Crippen molar-refractivity contribution in [1.29, 1.82) is 0 Å². The van der Waals surface area contributed by atoms with E-state index in [0.717, 1.165) is 19.3 Å². The summed E-state index contributed by atoms with van der Waals surface area (Å²) >= 11 is 0. The number of carboxylic acids is 1. The number of hydrogen-bond donors (Lipinski definition) is 1. The van der Waals surface area contributed by atoms with Crippen LogP contribution in [0.15, 0.2) is 0 Å². The van der Waals surface area contributed by atoms with E-state index in [9.17, 15) is 9.59 Å². The molecule has 5 nitrogen and oxygen atoms in total. The smallest absolute Gasteiger partial charge is 0.308 e. The van der Waals surface area contributed by atoms with E-state index >= 15 is 0 Å². The summed E-state index contributed by atoms with van der Waals surface area (Å²) in [6.07, 6.45) is 6.13. The summed E-state index contributed by atoms with van der Waals surface area (Å²) in [6, 6.07) is 0. The van der Waals surface area contributed by atoms with E-state index in [4.69, 9.17) is 9.84 Å². The summed E-state index contributed by atoms with van der Waals surface area (Å²) in [7, 11) is 0. The molecule has 102 valence electrons. The number of aliphatic carboxylic acids is 1. The number of carboxylic acid groups (broad SMARTS) is 1. The maximum atomic E-state index is 11.9. The van der Waals surface area contributed by atoms with Crippen LogP contribution in [0.5, 0.6) is 0 Å². The standard InChI is InChI=1S/C13H21NO4/c15-12(9-18-11-5-1-2-6-11)14-7-3-4-10(8-14)13(16)17/h10-11H,1-9H2,(H,16,17)/t10-/m0/s1. The zero-order valence-corrected chi connectivity index (χ0v) is 10.6. The molecule has 0 aromatic carbocycles. The van der Waals surface area contributed by atoms with Gasteiger partial charge in [0.2, 0.25) is 5.91 Å². The van der Waals surface area contributed by atoms with E-state index in [1.54, 1.807) is 4.90 Å². The van der Waals surface area contributed by atoms with Gasteiger partial charge in [-0.05, 0) is 25.7 Å². The zero-order valence-electron chi connectivity index (χ0n) is 10.6. The van der Waals surface area contributed by atoms with Crippen molar-refractivity contribution in [3.8, 4) is 0 Å². The monoisotopic (exact) mass is 255 g/mol. The van der Waals surface area contributed by atoms with Crippen LogP contribution < -0.4 is 0 Å². The molecule has 0 aromatic heterocycles. The van der Waals surface area contributed by atoms with Gasteiger partial charge < -0.3 is 14.7 Å². The molecule has 2 fully saturated rings. The summed E-state index contributed by atoms with van der Waals surface area (Å²) < 4.78 is 5.58. The predicted octanol–water partition coefficient (Wildman–Crippen LogP) is 1.27. The zero-order chi connectivity index (χ0) is 13.0. The lowest BCUT2D eigenvalue weighted by Crippen LogP contribution is -2.44. The number of ether oxygens (including phenoxy) is 1. The Morgan fingerprint density at radius 3 is 2.56 bits per heavy atom. The number of carbonyl (C=O) groups is 2. The summed E-state index contributed by atoms with van der Waals surface area (Å²) in [4.78, 5) is 24.5. The van der Waals surface area contributed by atoms with Crippen molar-refractivity contribution in [3.05, 3.63) is 0 Å². The highest BCUT2D eigenvalue weighted by molar-refractivity contribution is 5.79. The van der Waals surface area contributed by atoms with Crippen molar-refractivity contribution in [2.45, 2.75) is 44.6 Å². The van der Waals surface area contributed by atoms with Crippen molar-refractivity contribution in [3.63, 3.8) is 0 Å². The molecule has 2 rings (SSSR count). The molecular formula is C13H21NO4. The van der Waals surface area contributed by atoms with Crippen molar-refractivity contribution in [2.24, 2.45) is 5.92 Å². The number of rotatable bonds is 4. The minimum Gasteiger partial charge on any atom is -0.481 e. The molecule has 2 aliphatic rings. The molecule has 18 heavy (non-hydrogen) atoms. The van der Waals surface area contributed by atoms with Crippen molar-refractivity contribution in [2.75, 3.05) is 19.7 Å². The third kappa shape index (κ3) is 3.45. The van der Waals surface area contributed by atoms with Gasteiger partial charge >= 0.3 is 5.97 Å². The second kappa shape index (κ2) is 6.18. The molecule has 1 amide bonds. The van der Waals surface area contributed by atoms with Gasteiger partial charge in [-0.25, -0.2) is 0 Å². The van der Waals surface area contributed by atoms with Crippen LogP contribution in [0.2, 0.25) is 0 Å². The van der Waals surface area contributed by atoms with E-state index < -0.39 is 11.9 Å². The topological polar surface area (TPSA) is 66.8 Å². The average Bonchev–Trinajstić information content (AvgIpc) is 2.89. The number of hydrogen-bond acceptors (Lipinski definition) is 3. The van der Waals surface area contributed by atoms with Crippen molar-refractivity contribution in [1.82, 2.24) is 4.90 Å². The second-order valence-corrected chi connectivity index (χ2v) is 5.23. The first kappa shape index (κ1) is 13.3. The Bertz CT molecular complexity index is 312. The van der Waals surface area contributed by atoms with Crippen LogP contribution >= 0.6 is 0 Å². The number of nitrogens with zero attached hydrogens (tertiary/aromatic N) is 1. The highest BCUT2D eigenvalue weighted by atomic mass is 16.5. The van der Waals surface area contributed by atoms with Gasteiger partial charge in [0, 0.05) is 13.1 Å². The van der Waals surface area contributed by atoms with Crippen molar-refractivity contribution < 1.29 is 19.4 Å². The number of likely N-dealkylation sites (tertiary alicyclic amines) is 1. The van der Waals surface area contributed by atoms with Crippen LogP contribution in [0.3, 0.4) is 0 Å². The Hall–Kier alpha value is -1.10. The van der Waals surface area contributed by atoms with E-state index in [-0.39, 0.29) is 18.6 Å². The third-order valence-corrected chi connectivity index (χ3v) is 3.87. The van der Waals surface area contributed by atoms with Gasteiger partial charge in [0.05, 0.1) is 12.0 Å². The lowest BCUT2D eigenvalue weighted by Gasteiger charge is -2.30. The second-order valence-electron chi connectivity index (χ2n) is 5.23. The van der Waals surface area contributed by atoms with Gasteiger partial charge in [-0.2, -0.15) is 0 Å². The first-order valence-electron chi connectivity index (χ1n) is 6.79. The summed E-state index contributed by atoms with van der Waals surface area (Å²) in [5, 5.41) is 8.97. The van der Waals surface area contributed by atoms with Gasteiger partial charge in [0.1, 0.15) is 6.61 Å². The maximum absolute atomic E-state index is 11.9. The molecule has 1 N–H and O–H groups in total. The quantitative estimate of drug-likeness (QED) is 0.821. The molecule has 1 atom stereocenters. The summed E-state index contributed by atoms with van der Waals surface area (Å²) in [5.41, 5.74) is 0. The van der Waals surface area contributed by atoms with E-state index in [1.807, 2.05) is 0 Å². The molecule has 0 unspecified atom stereocenters. The SMILES string of the molecule is O=C(O)[C@H]1CCCN(C(=O)COC2CCCC2)C1. The summed E-state index contributed by atoms with van der Waals surface area (Å²) in [6.45, 7) is 1.11. The molecular weight excluding hydrogens is 234 g/mol. The Morgan fingerprint density at radius 2 is 1.89 bits per heavy atom. The van der Waals surface area contributed by atoms with Crippen LogP contribution in [-0.4, -0.2) is 47.7 Å². The number of piperidine rings is 1. The largest absolute Gasteiger partial charge is 0.481 e. The van der Waals surface area contributed by atoms with E-state index in [0.29, 0.717) is 19.5 Å². The molecule has 1 aliphatic heterocycles. The molecule has 1 aliphatic carbocycles. The van der Waals surface area contributed by atoms with Gasteiger partial charge in [0.15, 0.2) is 0 Å². The Morgan fingerprint density at radius 1 is 1.17 bits per heavy atom. The third-order valence-electron chi connectivity index (χ3n) is 3.87. The molecule has 0 radical (unpaired) electrons. The minimum atomic E-state index is -0.802. The van der Waals surface area contributed by atoms with Crippen LogP contribution in [-0.2, 0) is 14.3 Å². The van der Waals surface area contributed by atoms with Gasteiger partial charge in [-0.3, -0.25) is 9.59 Å². The molecule has 1 heterocycles. The fourth-order valence-electron chi connectivity index (χ4n) is 2.74. The van der Waals surface area contributed by atoms with Crippen LogP contribution in [0.25, 0.3) is 0 Å². The molecule has 0 spiro atoms. The maximum Gasteiger partial charge on any atom is 0.308 e. The normalized spacial score (nSPS) is 25.3. The van der Waals surface area contributed by atoms with Crippen molar-refractivity contribution >= 4 is 11.9 Å². The van der Waals surface area contributed by atoms with Gasteiger partial charge in [0.25, 0.3) is 0 Å². The first-order chi connectivity index (χ1) is 8.66. The Labute approximate surface area is 107 Å². The molecule has 0 bridgehead atoms. The number of carbonyl (C=O) groups excluding carboxylic acids is 1. The molecule has 0 aromatic rings. The predicted molar refractivity (Wildman–Crippen MR) is 65.1 cm³/mol. The molecule has 1 saturated carbocycles. The van der Waals surface area contributed by atoms with Crippen LogP contribution in [0, 0.1) is 5.92 Å². The van der Waals surface area contributed by atoms with E-state index in [2.05, 4.69) is 0 Å². The van der Waals surface area contributed by atoms with Crippen LogP contribution in [0.4, 0.5) is 0 Å². The number of amides is 1. The molecule has 1 saturated heterocycles. The van der Waals surface area contributed by atoms with Crippen LogP contribution in [0.1, 0.15) is 38.5 Å². The highest BCUT2D eigenvalue weighted by Crippen LogP contribution is 2.21. The van der Waals surface area contributed by atoms with E-state index in [1.165, 1.54) is 12.8 Å². The Balaban J connectivity index is 1.75. The molecule has 5 heteroatoms. The lowest BCUT2D eigenvalue weighted by atomic mass is 9.98. The summed E-state index contributed by atoms with van der Waals surface area (Å²) in [5.74, 6) is -1.27. The fourth-order valence-corrected chi connectivity index (χ4v) is 2.74. The first-order valence-corrected chi connectivity index (χ1v) is 6.79.